The van der Waals surface area contributed by atoms with Crippen LogP contribution in [0.3, 0.4) is 0 Å². The average Bonchev–Trinajstić information content (AvgIpc) is 2.88. The van der Waals surface area contributed by atoms with E-state index in [-0.39, 0.29) is 0 Å². The van der Waals surface area contributed by atoms with Gasteiger partial charge >= 0.3 is 11.9 Å². The highest BCUT2D eigenvalue weighted by atomic mass is 16.4. The van der Waals surface area contributed by atoms with Crippen molar-refractivity contribution in [3.63, 3.8) is 0 Å². The highest BCUT2D eigenvalue weighted by Gasteiger charge is 2.20. The van der Waals surface area contributed by atoms with Crippen LogP contribution in [-0.4, -0.2) is 34.7 Å². The molecule has 6 heteroatoms. The zero-order chi connectivity index (χ0) is 16.5. The van der Waals surface area contributed by atoms with Crippen LogP contribution in [0.25, 0.3) is 0 Å². The summed E-state index contributed by atoms with van der Waals surface area (Å²) in [5.41, 5.74) is 7.73. The number of carboxylic acids is 2. The van der Waals surface area contributed by atoms with E-state index in [0.717, 1.165) is 0 Å². The van der Waals surface area contributed by atoms with Gasteiger partial charge in [-0.3, -0.25) is 14.9 Å². The normalized spacial score (nSPS) is 16.6. The van der Waals surface area contributed by atoms with Crippen LogP contribution in [0.1, 0.15) is 30.0 Å². The van der Waals surface area contributed by atoms with E-state index < -0.39 is 24.4 Å². The molecule has 0 radical (unpaired) electrons. The second-order valence-corrected chi connectivity index (χ2v) is 4.92. The number of carboxylic acid groups (broad SMARTS) is 2. The molecule has 0 amide bonds. The molecule has 118 valence electrons. The number of hydrogen-bond donors (Lipinski definition) is 4. The average molecular weight is 304 g/mol. The molecule has 0 spiro atoms. The molecule has 1 aromatic rings. The Morgan fingerprint density at radius 2 is 2.09 bits per heavy atom. The molecule has 0 saturated carbocycles. The van der Waals surface area contributed by atoms with E-state index in [1.165, 1.54) is 24.0 Å². The maximum atomic E-state index is 9.85. The largest absolute Gasteiger partial charge is 0.481 e. The first kappa shape index (κ1) is 17.7. The summed E-state index contributed by atoms with van der Waals surface area (Å²) < 4.78 is 0. The number of nitrogens with two attached hydrogens (primary N) is 1. The van der Waals surface area contributed by atoms with Crippen LogP contribution in [0.2, 0.25) is 0 Å². The van der Waals surface area contributed by atoms with Crippen LogP contribution in [0.5, 0.6) is 0 Å². The topological polar surface area (TPSA) is 113 Å². The van der Waals surface area contributed by atoms with E-state index in [9.17, 15) is 9.59 Å². The number of terminal acetylenes is 1. The molecule has 1 unspecified atom stereocenters. The number of hydrogen-bond acceptors (Lipinski definition) is 4. The second-order valence-electron chi connectivity index (χ2n) is 4.92. The van der Waals surface area contributed by atoms with Crippen LogP contribution >= 0.6 is 0 Å². The zero-order valence-electron chi connectivity index (χ0n) is 12.2. The van der Waals surface area contributed by atoms with E-state index in [0.29, 0.717) is 12.6 Å². The van der Waals surface area contributed by atoms with Crippen LogP contribution < -0.4 is 11.1 Å². The molecular formula is C16H20N2O4. The second kappa shape index (κ2) is 8.82. The molecule has 2 atom stereocenters. The molecule has 0 aromatic heterocycles. The van der Waals surface area contributed by atoms with E-state index in [1.807, 2.05) is 0 Å². The molecule has 0 heterocycles. The molecule has 5 N–H and O–H groups in total. The van der Waals surface area contributed by atoms with Crippen molar-refractivity contribution in [2.24, 2.45) is 5.73 Å². The van der Waals surface area contributed by atoms with Gasteiger partial charge < -0.3 is 15.9 Å². The Bertz CT molecular complexity index is 566. The predicted molar refractivity (Wildman–Crippen MR) is 82.2 cm³/mol. The van der Waals surface area contributed by atoms with Crippen LogP contribution in [0, 0.1) is 12.3 Å². The Morgan fingerprint density at radius 1 is 1.41 bits per heavy atom. The summed E-state index contributed by atoms with van der Waals surface area (Å²) in [5.74, 6) is 0.116. The van der Waals surface area contributed by atoms with Crippen LogP contribution in [0.4, 0.5) is 0 Å². The standard InChI is InChI=1S/C12H13N.C4H7NO4/c1-2-9-13-12-8-7-10-5-3-4-6-11(10)12;5-2(4(8)9)1-3(6)7/h1,3-6,12-13H,7-9H2;2H,1,5H2,(H,6,7)(H,8,9)/t12-;/m1./s1. The molecule has 1 aliphatic carbocycles. The molecule has 2 rings (SSSR count). The van der Waals surface area contributed by atoms with Gasteiger partial charge in [-0.1, -0.05) is 30.2 Å². The summed E-state index contributed by atoms with van der Waals surface area (Å²) in [6, 6.07) is 7.77. The Hall–Kier alpha value is -2.36. The van der Waals surface area contributed by atoms with Crippen molar-refractivity contribution in [1.29, 1.82) is 0 Å². The number of fused-ring (bicyclic) bond motifs is 1. The molecule has 0 bridgehead atoms. The summed E-state index contributed by atoms with van der Waals surface area (Å²) in [7, 11) is 0. The summed E-state index contributed by atoms with van der Waals surface area (Å²) >= 11 is 0. The first-order valence-corrected chi connectivity index (χ1v) is 6.90. The van der Waals surface area contributed by atoms with Crippen LogP contribution in [-0.2, 0) is 16.0 Å². The van der Waals surface area contributed by atoms with Crippen molar-refractivity contribution in [2.45, 2.75) is 31.3 Å². The molecular weight excluding hydrogens is 284 g/mol. The number of carbonyl (C=O) groups is 2. The van der Waals surface area contributed by atoms with Gasteiger partial charge in [0.1, 0.15) is 6.04 Å². The number of nitrogens with one attached hydrogen (secondary N) is 1. The minimum absolute atomic E-state index is 0.479. The van der Waals surface area contributed by atoms with E-state index in [2.05, 4.69) is 35.5 Å². The van der Waals surface area contributed by atoms with Gasteiger partial charge in [-0.2, -0.15) is 0 Å². The fraction of sp³-hybridized carbons (Fsp3) is 0.375. The quantitative estimate of drug-likeness (QED) is 0.598. The highest BCUT2D eigenvalue weighted by Crippen LogP contribution is 2.30. The molecule has 0 aliphatic heterocycles. The van der Waals surface area contributed by atoms with Crippen molar-refractivity contribution in [2.75, 3.05) is 6.54 Å². The van der Waals surface area contributed by atoms with Crippen molar-refractivity contribution in [3.05, 3.63) is 35.4 Å². The maximum absolute atomic E-state index is 9.85. The van der Waals surface area contributed by atoms with E-state index >= 15 is 0 Å². The third kappa shape index (κ3) is 5.56. The fourth-order valence-corrected chi connectivity index (χ4v) is 2.23. The Morgan fingerprint density at radius 3 is 2.64 bits per heavy atom. The van der Waals surface area contributed by atoms with E-state index in [1.54, 1.807) is 0 Å². The summed E-state index contributed by atoms with van der Waals surface area (Å²) in [6.45, 7) is 0.666. The first-order chi connectivity index (χ1) is 10.5. The SMILES string of the molecule is C#CCN[C@@H]1CCc2ccccc21.NC(CC(=O)O)C(=O)O. The molecule has 0 fully saturated rings. The maximum Gasteiger partial charge on any atom is 0.321 e. The van der Waals surface area contributed by atoms with E-state index in [4.69, 9.17) is 22.4 Å². The minimum Gasteiger partial charge on any atom is -0.481 e. The van der Waals surface area contributed by atoms with Gasteiger partial charge in [-0.15, -0.1) is 6.42 Å². The van der Waals surface area contributed by atoms with Gasteiger partial charge in [0.25, 0.3) is 0 Å². The fourth-order valence-electron chi connectivity index (χ4n) is 2.23. The Balaban J connectivity index is 0.000000239. The summed E-state index contributed by atoms with van der Waals surface area (Å²) in [5, 5.41) is 19.4. The molecule has 22 heavy (non-hydrogen) atoms. The number of aliphatic carboxylic acids is 2. The highest BCUT2D eigenvalue weighted by molar-refractivity contribution is 5.80. The van der Waals surface area contributed by atoms with Crippen LogP contribution in [0.15, 0.2) is 24.3 Å². The number of rotatable bonds is 5. The lowest BCUT2D eigenvalue weighted by Gasteiger charge is -2.10. The summed E-state index contributed by atoms with van der Waals surface area (Å²) in [6.07, 6.45) is 7.04. The monoisotopic (exact) mass is 304 g/mol. The van der Waals surface area contributed by atoms with Crippen molar-refractivity contribution in [1.82, 2.24) is 5.32 Å². The van der Waals surface area contributed by atoms with Crippen molar-refractivity contribution in [3.8, 4) is 12.3 Å². The minimum atomic E-state index is -1.29. The van der Waals surface area contributed by atoms with Gasteiger partial charge in [0, 0.05) is 6.04 Å². The lowest BCUT2D eigenvalue weighted by atomic mass is 10.1. The Kier molecular flexibility index (Phi) is 7.09. The number of benzene rings is 1. The third-order valence-corrected chi connectivity index (χ3v) is 3.30. The van der Waals surface area contributed by atoms with Gasteiger partial charge in [0.15, 0.2) is 0 Å². The van der Waals surface area contributed by atoms with Crippen molar-refractivity contribution < 1.29 is 19.8 Å². The van der Waals surface area contributed by atoms with Gasteiger partial charge in [0.05, 0.1) is 13.0 Å². The predicted octanol–water partition coefficient (Wildman–Crippen LogP) is 0.770. The summed E-state index contributed by atoms with van der Waals surface area (Å²) in [4.78, 5) is 19.6. The molecule has 6 nitrogen and oxygen atoms in total. The smallest absolute Gasteiger partial charge is 0.321 e. The number of aryl methyl sites for hydroxylation is 1. The van der Waals surface area contributed by atoms with Gasteiger partial charge in [0.2, 0.25) is 0 Å². The third-order valence-electron chi connectivity index (χ3n) is 3.30. The lowest BCUT2D eigenvalue weighted by molar-refractivity contribution is -0.144. The van der Waals surface area contributed by atoms with Crippen molar-refractivity contribution >= 4 is 11.9 Å². The molecule has 1 aliphatic rings. The Labute approximate surface area is 129 Å². The van der Waals surface area contributed by atoms with Gasteiger partial charge in [-0.25, -0.2) is 0 Å². The zero-order valence-corrected chi connectivity index (χ0v) is 12.2. The first-order valence-electron chi connectivity index (χ1n) is 6.90. The molecule has 1 aromatic carbocycles. The molecule has 0 saturated heterocycles. The lowest BCUT2D eigenvalue weighted by Crippen LogP contribution is -2.32. The van der Waals surface area contributed by atoms with Gasteiger partial charge in [-0.05, 0) is 24.0 Å².